The number of H-pyrrole nitrogens is 1. The molecule has 0 aliphatic rings. The van der Waals surface area contributed by atoms with Crippen molar-refractivity contribution in [3.63, 3.8) is 0 Å². The van der Waals surface area contributed by atoms with Crippen molar-refractivity contribution in [1.82, 2.24) is 4.98 Å². The molecule has 28 heavy (non-hydrogen) atoms. The van der Waals surface area contributed by atoms with Crippen LogP contribution in [0, 0.1) is 0 Å². The first kappa shape index (κ1) is 20.7. The zero-order chi connectivity index (χ0) is 20.8. The van der Waals surface area contributed by atoms with Gasteiger partial charge in [0.2, 0.25) is 5.43 Å². The Bertz CT molecular complexity index is 1160. The number of hydrogen-bond acceptors (Lipinski definition) is 3. The van der Waals surface area contributed by atoms with Crippen LogP contribution in [0.15, 0.2) is 39.6 Å². The van der Waals surface area contributed by atoms with Gasteiger partial charge in [0.25, 0.3) is 0 Å². The van der Waals surface area contributed by atoms with Crippen LogP contribution >= 0.6 is 39.1 Å². The molecular weight excluding hydrogens is 484 g/mol. The van der Waals surface area contributed by atoms with Gasteiger partial charge in [-0.3, -0.25) is 9.59 Å². The fourth-order valence-electron chi connectivity index (χ4n) is 2.80. The maximum Gasteiger partial charge on any atom is 0.417 e. The van der Waals surface area contributed by atoms with Gasteiger partial charge >= 0.3 is 6.18 Å². The Morgan fingerprint density at radius 1 is 1.14 bits per heavy atom. The number of halogens is 6. The quantitative estimate of drug-likeness (QED) is 0.406. The molecule has 0 radical (unpaired) electrons. The van der Waals surface area contributed by atoms with Crippen molar-refractivity contribution in [2.45, 2.75) is 13.1 Å². The van der Waals surface area contributed by atoms with E-state index in [4.69, 9.17) is 23.2 Å². The number of pyridine rings is 1. The van der Waals surface area contributed by atoms with Crippen molar-refractivity contribution < 1.29 is 18.0 Å². The second kappa shape index (κ2) is 7.42. The molecule has 0 aliphatic heterocycles. The van der Waals surface area contributed by atoms with E-state index >= 15 is 0 Å². The average Bonchev–Trinajstić information content (AvgIpc) is 2.53. The third-order valence-corrected chi connectivity index (χ3v) is 5.00. The first-order valence-electron chi connectivity index (χ1n) is 7.68. The van der Waals surface area contributed by atoms with Crippen molar-refractivity contribution in [3.8, 4) is 0 Å². The number of benzene rings is 2. The van der Waals surface area contributed by atoms with Crippen LogP contribution in [0.2, 0.25) is 10.0 Å². The second-order valence-corrected chi connectivity index (χ2v) is 7.61. The minimum atomic E-state index is -4.77. The summed E-state index contributed by atoms with van der Waals surface area (Å²) < 4.78 is 40.4. The predicted octanol–water partition coefficient (Wildman–Crippen LogP) is 6.56. The van der Waals surface area contributed by atoms with E-state index in [1.807, 2.05) is 0 Å². The molecule has 0 atom stereocenters. The zero-order valence-electron chi connectivity index (χ0n) is 14.0. The maximum atomic E-state index is 13.4. The van der Waals surface area contributed by atoms with Crippen LogP contribution in [0.3, 0.4) is 0 Å². The van der Waals surface area contributed by atoms with Crippen molar-refractivity contribution in [2.24, 2.45) is 0 Å². The van der Waals surface area contributed by atoms with E-state index < -0.39 is 33.9 Å². The summed E-state index contributed by atoms with van der Waals surface area (Å²) in [7, 11) is 0. The number of aromatic nitrogens is 1. The van der Waals surface area contributed by atoms with E-state index in [2.05, 4.69) is 26.2 Å². The van der Waals surface area contributed by atoms with Gasteiger partial charge < -0.3 is 10.3 Å². The van der Waals surface area contributed by atoms with E-state index in [9.17, 15) is 22.8 Å². The van der Waals surface area contributed by atoms with Crippen LogP contribution < -0.4 is 10.7 Å². The Hall–Kier alpha value is -2.03. The van der Waals surface area contributed by atoms with E-state index in [0.717, 1.165) is 13.0 Å². The number of ketones is 1. The number of Topliss-reactive ketones (excluding diaryl/α,β-unsaturated/α-hetero) is 1. The molecular formula is C18H10BrCl2F3N2O2. The maximum absolute atomic E-state index is 13.4. The van der Waals surface area contributed by atoms with Crippen molar-refractivity contribution >= 4 is 67.3 Å². The molecule has 0 spiro atoms. The summed E-state index contributed by atoms with van der Waals surface area (Å²) in [5.74, 6) is -0.768. The molecule has 0 unspecified atom stereocenters. The molecule has 3 aromatic rings. The number of carbonyl (C=O) groups excluding carboxylic acids is 1. The van der Waals surface area contributed by atoms with Gasteiger partial charge in [0.15, 0.2) is 5.78 Å². The third-order valence-electron chi connectivity index (χ3n) is 3.90. The average molecular weight is 494 g/mol. The molecule has 0 saturated heterocycles. The number of aromatic amines is 1. The second-order valence-electron chi connectivity index (χ2n) is 5.89. The van der Waals surface area contributed by atoms with Gasteiger partial charge in [-0.25, -0.2) is 0 Å². The smallest absolute Gasteiger partial charge is 0.341 e. The van der Waals surface area contributed by atoms with Crippen molar-refractivity contribution in [1.29, 1.82) is 0 Å². The Kier molecular flexibility index (Phi) is 5.49. The number of anilines is 2. The summed E-state index contributed by atoms with van der Waals surface area (Å²) in [5, 5.41) is 2.77. The van der Waals surface area contributed by atoms with Crippen LogP contribution in [0.5, 0.6) is 0 Å². The summed E-state index contributed by atoms with van der Waals surface area (Å²) in [5.41, 5.74) is -2.36. The van der Waals surface area contributed by atoms with E-state index in [0.29, 0.717) is 15.7 Å². The molecule has 4 nitrogen and oxygen atoms in total. The van der Waals surface area contributed by atoms with Crippen LogP contribution in [0.25, 0.3) is 10.9 Å². The van der Waals surface area contributed by atoms with Gasteiger partial charge in [0, 0.05) is 20.2 Å². The molecule has 3 rings (SSSR count). The highest BCUT2D eigenvalue weighted by Gasteiger charge is 2.35. The highest BCUT2D eigenvalue weighted by Crippen LogP contribution is 2.37. The standard InChI is InChI=1S/C18H10BrCl2F3N2O2/c1-7(27)13-16(28)14-11(18(22,23)24)2-3-12(19)15(14)26-17(13)25-10-5-8(20)4-9(21)6-10/h2-6H,1H3,(H2,25,26,28). The Balaban J connectivity index is 2.35. The molecule has 2 aromatic carbocycles. The minimum Gasteiger partial charge on any atom is -0.341 e. The fraction of sp³-hybridized carbons (Fsp3) is 0.111. The van der Waals surface area contributed by atoms with Crippen molar-refractivity contribution in [3.05, 3.63) is 66.2 Å². The number of nitrogens with one attached hydrogen (secondary N) is 2. The van der Waals surface area contributed by atoms with Gasteiger partial charge in [-0.15, -0.1) is 0 Å². The minimum absolute atomic E-state index is 0.0663. The van der Waals surface area contributed by atoms with E-state index in [1.165, 1.54) is 24.3 Å². The number of fused-ring (bicyclic) bond motifs is 1. The first-order chi connectivity index (χ1) is 13.0. The lowest BCUT2D eigenvalue weighted by atomic mass is 10.0. The Morgan fingerprint density at radius 3 is 2.29 bits per heavy atom. The lowest BCUT2D eigenvalue weighted by Gasteiger charge is -2.16. The predicted molar refractivity (Wildman–Crippen MR) is 107 cm³/mol. The number of carbonyl (C=O) groups is 1. The lowest BCUT2D eigenvalue weighted by Crippen LogP contribution is -2.21. The van der Waals surface area contributed by atoms with Gasteiger partial charge in [-0.05, 0) is 53.2 Å². The Morgan fingerprint density at radius 2 is 1.75 bits per heavy atom. The van der Waals surface area contributed by atoms with E-state index in [-0.39, 0.29) is 15.8 Å². The van der Waals surface area contributed by atoms with Gasteiger partial charge in [-0.2, -0.15) is 13.2 Å². The molecule has 0 aliphatic carbocycles. The molecule has 0 bridgehead atoms. The first-order valence-corrected chi connectivity index (χ1v) is 9.23. The molecule has 146 valence electrons. The third kappa shape index (κ3) is 3.90. The number of alkyl halides is 3. The van der Waals surface area contributed by atoms with E-state index in [1.54, 1.807) is 0 Å². The van der Waals surface area contributed by atoms with Crippen molar-refractivity contribution in [2.75, 3.05) is 5.32 Å². The number of hydrogen-bond donors (Lipinski definition) is 2. The monoisotopic (exact) mass is 492 g/mol. The Labute approximate surface area is 174 Å². The topological polar surface area (TPSA) is 62.0 Å². The normalized spacial score (nSPS) is 11.7. The highest BCUT2D eigenvalue weighted by molar-refractivity contribution is 9.10. The molecule has 0 amide bonds. The summed E-state index contributed by atoms with van der Waals surface area (Å²) in [6.07, 6.45) is -4.77. The van der Waals surface area contributed by atoms with Gasteiger partial charge in [-0.1, -0.05) is 23.2 Å². The summed E-state index contributed by atoms with van der Waals surface area (Å²) in [6, 6.07) is 6.42. The molecule has 0 fully saturated rings. The SMILES string of the molecule is CC(=O)c1c(Nc2cc(Cl)cc(Cl)c2)[nH]c2c(Br)ccc(C(F)(F)F)c2c1=O. The molecule has 1 heterocycles. The lowest BCUT2D eigenvalue weighted by molar-refractivity contribution is -0.136. The molecule has 2 N–H and O–H groups in total. The highest BCUT2D eigenvalue weighted by atomic mass is 79.9. The summed E-state index contributed by atoms with van der Waals surface area (Å²) in [6.45, 7) is 1.10. The summed E-state index contributed by atoms with van der Waals surface area (Å²) in [4.78, 5) is 27.7. The number of rotatable bonds is 3. The van der Waals surface area contributed by atoms with Crippen LogP contribution in [-0.2, 0) is 6.18 Å². The zero-order valence-corrected chi connectivity index (χ0v) is 17.1. The molecule has 10 heteroatoms. The van der Waals surface area contributed by atoms with Crippen LogP contribution in [0.1, 0.15) is 22.8 Å². The largest absolute Gasteiger partial charge is 0.417 e. The summed E-state index contributed by atoms with van der Waals surface area (Å²) >= 11 is 15.0. The van der Waals surface area contributed by atoms with Gasteiger partial charge in [0.1, 0.15) is 11.4 Å². The van der Waals surface area contributed by atoms with Crippen LogP contribution in [0.4, 0.5) is 24.7 Å². The molecule has 0 saturated carbocycles. The van der Waals surface area contributed by atoms with Gasteiger partial charge in [0.05, 0.1) is 16.5 Å². The fourth-order valence-corrected chi connectivity index (χ4v) is 3.75. The molecule has 1 aromatic heterocycles. The van der Waals surface area contributed by atoms with Crippen LogP contribution in [-0.4, -0.2) is 10.8 Å².